The molecule has 0 aromatic heterocycles. The van der Waals surface area contributed by atoms with Gasteiger partial charge in [-0.2, -0.15) is 0 Å². The Morgan fingerprint density at radius 3 is 1.00 bits per heavy atom. The molecule has 0 aliphatic carbocycles. The van der Waals surface area contributed by atoms with E-state index in [0.717, 1.165) is 0 Å². The molecule has 4 heavy (non-hydrogen) atoms. The van der Waals surface area contributed by atoms with Crippen LogP contribution in [0.2, 0.25) is 0 Å². The monoisotopic (exact) mass is 333 g/mol. The topological polar surface area (TPSA) is 0 Å². The molecule has 4 heteroatoms. The molecular weight excluding hydrogens is 327 g/mol. The van der Waals surface area contributed by atoms with Crippen molar-refractivity contribution in [3.63, 3.8) is 0 Å². The maximum atomic E-state index is 0. The summed E-state index contributed by atoms with van der Waals surface area (Å²) in [6.07, 6.45) is 0. The SMILES string of the molecule is [Cu].[SeH2].[SnH4].[Zn]. The molecule has 0 heterocycles. The third-order valence-electron chi connectivity index (χ3n) is 0. The molecule has 0 aromatic carbocycles. The average molecular weight is 333 g/mol. The first-order valence-corrected chi connectivity index (χ1v) is 0. The van der Waals surface area contributed by atoms with Gasteiger partial charge in [-0.15, -0.1) is 0 Å². The van der Waals surface area contributed by atoms with Gasteiger partial charge in [0, 0.05) is 36.5 Å². The van der Waals surface area contributed by atoms with Crippen molar-refractivity contribution in [3.8, 4) is 0 Å². The van der Waals surface area contributed by atoms with E-state index < -0.39 is 0 Å². The minimum absolute atomic E-state index is 0. The molecule has 0 bridgehead atoms. The molecular formula is H6CuSeSnZn. The summed E-state index contributed by atoms with van der Waals surface area (Å²) in [5.74, 6) is 0. The molecule has 0 N–H and O–H groups in total. The van der Waals surface area contributed by atoms with Gasteiger partial charge in [0.2, 0.25) is 0 Å². The van der Waals surface area contributed by atoms with Gasteiger partial charge in [-0.3, -0.25) is 0 Å². The van der Waals surface area contributed by atoms with Crippen LogP contribution < -0.4 is 0 Å². The number of hydrogen-bond donors (Lipinski definition) is 0. The van der Waals surface area contributed by atoms with Gasteiger partial charge in [-0.05, 0) is 0 Å². The van der Waals surface area contributed by atoms with Crippen molar-refractivity contribution in [1.29, 1.82) is 0 Å². The fraction of sp³-hybridized carbons (Fsp3) is 0. The van der Waals surface area contributed by atoms with Crippen molar-refractivity contribution in [2.24, 2.45) is 0 Å². The van der Waals surface area contributed by atoms with E-state index in [1.165, 1.54) is 0 Å². The fourth-order valence-corrected chi connectivity index (χ4v) is 0. The van der Waals surface area contributed by atoms with Gasteiger partial charge in [-0.25, -0.2) is 0 Å². The van der Waals surface area contributed by atoms with E-state index in [4.69, 9.17) is 0 Å². The van der Waals surface area contributed by atoms with Crippen molar-refractivity contribution in [2.45, 2.75) is 0 Å². The molecule has 29 valence electrons. The molecule has 0 rings (SSSR count). The van der Waals surface area contributed by atoms with Gasteiger partial charge < -0.3 is 0 Å². The summed E-state index contributed by atoms with van der Waals surface area (Å²) in [7, 11) is 0. The summed E-state index contributed by atoms with van der Waals surface area (Å²) in [6.45, 7) is 0. The van der Waals surface area contributed by atoms with E-state index in [-0.39, 0.29) is 77.5 Å². The molecule has 0 saturated carbocycles. The Labute approximate surface area is 76.5 Å². The molecule has 0 aliphatic heterocycles. The van der Waals surface area contributed by atoms with Crippen molar-refractivity contribution in [3.05, 3.63) is 0 Å². The third-order valence-corrected chi connectivity index (χ3v) is 0. The smallest absolute Gasteiger partial charge is 0 e. The van der Waals surface area contributed by atoms with Crippen molar-refractivity contribution in [2.75, 3.05) is 0 Å². The molecule has 0 saturated heterocycles. The van der Waals surface area contributed by atoms with Crippen LogP contribution in [0.5, 0.6) is 0 Å². The predicted octanol–water partition coefficient (Wildman–Crippen LogP) is -2.37. The van der Waals surface area contributed by atoms with E-state index in [9.17, 15) is 0 Å². The van der Waals surface area contributed by atoms with E-state index in [1.807, 2.05) is 0 Å². The summed E-state index contributed by atoms with van der Waals surface area (Å²) >= 11 is 0. The normalized spacial score (nSPS) is 0. The molecule has 0 aliphatic rings. The summed E-state index contributed by atoms with van der Waals surface area (Å²) in [6, 6.07) is 0. The Bertz CT molecular complexity index is 8.00. The van der Waals surface area contributed by atoms with E-state index >= 15 is 0 Å². The summed E-state index contributed by atoms with van der Waals surface area (Å²) in [5.41, 5.74) is 0. The Morgan fingerprint density at radius 2 is 1.00 bits per heavy atom. The molecule has 0 fully saturated rings. The first-order valence-electron chi connectivity index (χ1n) is 0. The Kier molecular flexibility index (Phi) is 143. The van der Waals surface area contributed by atoms with Crippen molar-refractivity contribution in [1.82, 2.24) is 0 Å². The van der Waals surface area contributed by atoms with Crippen LogP contribution in [-0.2, 0) is 36.5 Å². The van der Waals surface area contributed by atoms with Crippen molar-refractivity contribution >= 4 is 41.0 Å². The standard InChI is InChI=1S/Cu.H2Se.Sn.Zn.4H/h;1H2;;;;;;. The second-order valence-corrected chi connectivity index (χ2v) is 0. The Morgan fingerprint density at radius 1 is 1.00 bits per heavy atom. The maximum Gasteiger partial charge on any atom is 0 e. The van der Waals surface area contributed by atoms with Crippen LogP contribution >= 0.6 is 0 Å². The minimum atomic E-state index is 0. The van der Waals surface area contributed by atoms with Crippen LogP contribution in [0, 0.1) is 0 Å². The fourth-order valence-electron chi connectivity index (χ4n) is 0. The summed E-state index contributed by atoms with van der Waals surface area (Å²) < 4.78 is 0. The van der Waals surface area contributed by atoms with Gasteiger partial charge in [-0.1, -0.05) is 0 Å². The second kappa shape index (κ2) is 17.9. The average Bonchev–Trinajstić information content (AvgIpc) is 0. The zero-order valence-electron chi connectivity index (χ0n) is 1.51. The molecule has 0 spiro atoms. The van der Waals surface area contributed by atoms with Crippen LogP contribution in [0.1, 0.15) is 0 Å². The first kappa shape index (κ1) is 31.8. The second-order valence-electron chi connectivity index (χ2n) is 0. The first-order chi connectivity index (χ1) is 0. The number of hydrogen-bond acceptors (Lipinski definition) is 0. The molecule has 1 radical (unpaired) electrons. The quantitative estimate of drug-likeness (QED) is 0.435. The Balaban J connectivity index is 0. The van der Waals surface area contributed by atoms with E-state index in [0.29, 0.717) is 0 Å². The molecule has 0 unspecified atom stereocenters. The van der Waals surface area contributed by atoms with Crippen LogP contribution in [0.25, 0.3) is 0 Å². The molecule has 0 amide bonds. The zero-order chi connectivity index (χ0) is 0. The summed E-state index contributed by atoms with van der Waals surface area (Å²) in [5, 5.41) is 0. The third kappa shape index (κ3) is 8.82. The number of rotatable bonds is 0. The largest absolute Gasteiger partial charge is 0 e. The van der Waals surface area contributed by atoms with Gasteiger partial charge in [0.25, 0.3) is 0 Å². The molecule has 0 aromatic rings. The predicted molar refractivity (Wildman–Crippen MR) is 19.9 cm³/mol. The van der Waals surface area contributed by atoms with Gasteiger partial charge in [0.1, 0.15) is 0 Å². The van der Waals surface area contributed by atoms with Crippen LogP contribution in [-0.4, -0.2) is 41.0 Å². The maximum absolute atomic E-state index is 0. The van der Waals surface area contributed by atoms with Gasteiger partial charge in [0.15, 0.2) is 0 Å². The molecule has 0 nitrogen and oxygen atoms in total. The van der Waals surface area contributed by atoms with Gasteiger partial charge >= 0.3 is 41.0 Å². The van der Waals surface area contributed by atoms with Crippen molar-refractivity contribution < 1.29 is 36.5 Å². The zero-order valence-corrected chi connectivity index (χ0v) is 7.52. The van der Waals surface area contributed by atoms with Gasteiger partial charge in [0.05, 0.1) is 0 Å². The minimum Gasteiger partial charge on any atom is 0 e. The Hall–Kier alpha value is 2.46. The summed E-state index contributed by atoms with van der Waals surface area (Å²) in [4.78, 5) is 0. The van der Waals surface area contributed by atoms with E-state index in [2.05, 4.69) is 0 Å². The molecule has 0 atom stereocenters. The van der Waals surface area contributed by atoms with Crippen LogP contribution in [0.4, 0.5) is 0 Å². The van der Waals surface area contributed by atoms with Crippen LogP contribution in [0.15, 0.2) is 0 Å². The van der Waals surface area contributed by atoms with E-state index in [1.54, 1.807) is 0 Å². The van der Waals surface area contributed by atoms with Crippen LogP contribution in [0.3, 0.4) is 0 Å².